The second kappa shape index (κ2) is 6.48. The molecule has 1 aliphatic heterocycles. The first kappa shape index (κ1) is 17.7. The van der Waals surface area contributed by atoms with Crippen molar-refractivity contribution in [2.75, 3.05) is 12.0 Å². The average Bonchev–Trinajstić information content (AvgIpc) is 2.66. The Kier molecular flexibility index (Phi) is 4.25. The minimum atomic E-state index is -0.649. The van der Waals surface area contributed by atoms with Gasteiger partial charge in [-0.05, 0) is 41.8 Å². The van der Waals surface area contributed by atoms with Gasteiger partial charge in [0.25, 0.3) is 11.8 Å². The number of amides is 2. The van der Waals surface area contributed by atoms with E-state index < -0.39 is 17.8 Å². The molecule has 1 heterocycles. The summed E-state index contributed by atoms with van der Waals surface area (Å²) >= 11 is 9.46. The van der Waals surface area contributed by atoms with Crippen molar-refractivity contribution >= 4 is 61.8 Å². The third-order valence-corrected chi connectivity index (χ3v) is 5.21. The Morgan fingerprint density at radius 2 is 1.78 bits per heavy atom. The maximum absolute atomic E-state index is 13.1. The number of benzene rings is 3. The lowest BCUT2D eigenvalue weighted by atomic mass is 9.93. The minimum absolute atomic E-state index is 0.0792. The van der Waals surface area contributed by atoms with Crippen molar-refractivity contribution in [3.8, 4) is 0 Å². The van der Waals surface area contributed by atoms with Crippen molar-refractivity contribution in [3.05, 3.63) is 74.7 Å². The first-order valence-electron chi connectivity index (χ1n) is 7.91. The van der Waals surface area contributed by atoms with Gasteiger partial charge in [0.2, 0.25) is 0 Å². The second-order valence-corrected chi connectivity index (χ2v) is 7.28. The van der Waals surface area contributed by atoms with Crippen LogP contribution >= 0.6 is 27.5 Å². The fourth-order valence-electron chi connectivity index (χ4n) is 3.22. The van der Waals surface area contributed by atoms with Crippen LogP contribution in [0, 0.1) is 0 Å². The van der Waals surface area contributed by atoms with Crippen molar-refractivity contribution in [1.82, 2.24) is 0 Å². The standard InChI is InChI=1S/C20H11BrClNO4/c1-27-20(26)14-9-12(5-6-16(14)22)23-18(24)13-4-2-3-10-7-11(21)8-15(17(10)13)19(23)25/h2-9H,1H3. The van der Waals surface area contributed by atoms with Crippen LogP contribution in [0.4, 0.5) is 5.69 Å². The number of hydrogen-bond acceptors (Lipinski definition) is 4. The van der Waals surface area contributed by atoms with Gasteiger partial charge in [0, 0.05) is 15.4 Å². The highest BCUT2D eigenvalue weighted by molar-refractivity contribution is 9.10. The number of carbonyl (C=O) groups is 3. The number of halogens is 2. The maximum Gasteiger partial charge on any atom is 0.339 e. The summed E-state index contributed by atoms with van der Waals surface area (Å²) in [4.78, 5) is 39.2. The second-order valence-electron chi connectivity index (χ2n) is 5.96. The van der Waals surface area contributed by atoms with Crippen LogP contribution in [-0.4, -0.2) is 24.9 Å². The molecule has 4 rings (SSSR count). The van der Waals surface area contributed by atoms with Crippen LogP contribution in [0.2, 0.25) is 5.02 Å². The quantitative estimate of drug-likeness (QED) is 0.419. The normalized spacial score (nSPS) is 13.2. The summed E-state index contributed by atoms with van der Waals surface area (Å²) in [7, 11) is 1.23. The molecule has 0 radical (unpaired) electrons. The van der Waals surface area contributed by atoms with Crippen molar-refractivity contribution in [2.24, 2.45) is 0 Å². The summed E-state index contributed by atoms with van der Waals surface area (Å²) in [5.74, 6) is -1.58. The highest BCUT2D eigenvalue weighted by Gasteiger charge is 2.34. The van der Waals surface area contributed by atoms with Crippen LogP contribution in [0.15, 0.2) is 53.0 Å². The van der Waals surface area contributed by atoms with E-state index in [1.54, 1.807) is 18.2 Å². The molecular formula is C20H11BrClNO4. The number of anilines is 1. The molecule has 2 amide bonds. The maximum atomic E-state index is 13.1. The van der Waals surface area contributed by atoms with Crippen LogP contribution in [0.1, 0.15) is 31.1 Å². The van der Waals surface area contributed by atoms with E-state index in [0.29, 0.717) is 16.5 Å². The summed E-state index contributed by atoms with van der Waals surface area (Å²) in [6, 6.07) is 13.2. The number of hydrogen-bond donors (Lipinski definition) is 0. The lowest BCUT2D eigenvalue weighted by molar-refractivity contribution is 0.0600. The largest absolute Gasteiger partial charge is 0.465 e. The van der Waals surface area contributed by atoms with E-state index in [1.165, 1.54) is 25.3 Å². The Morgan fingerprint density at radius 3 is 2.52 bits per heavy atom. The number of imide groups is 1. The Balaban J connectivity index is 1.93. The highest BCUT2D eigenvalue weighted by Crippen LogP contribution is 2.35. The molecular weight excluding hydrogens is 434 g/mol. The number of methoxy groups -OCH3 is 1. The smallest absolute Gasteiger partial charge is 0.339 e. The number of rotatable bonds is 2. The molecule has 0 fully saturated rings. The van der Waals surface area contributed by atoms with Crippen LogP contribution in [-0.2, 0) is 4.74 Å². The summed E-state index contributed by atoms with van der Waals surface area (Å²) in [6.45, 7) is 0. The van der Waals surface area contributed by atoms with Gasteiger partial charge >= 0.3 is 5.97 Å². The zero-order chi connectivity index (χ0) is 19.3. The van der Waals surface area contributed by atoms with Gasteiger partial charge in [-0.3, -0.25) is 9.59 Å². The average molecular weight is 445 g/mol. The molecule has 0 unspecified atom stereocenters. The molecule has 0 spiro atoms. The predicted octanol–water partition coefficient (Wildman–Crippen LogP) is 4.84. The van der Waals surface area contributed by atoms with Gasteiger partial charge in [0.1, 0.15) is 0 Å². The van der Waals surface area contributed by atoms with E-state index in [1.807, 2.05) is 12.1 Å². The Morgan fingerprint density at radius 1 is 1.04 bits per heavy atom. The fourth-order valence-corrected chi connectivity index (χ4v) is 3.89. The van der Waals surface area contributed by atoms with Gasteiger partial charge in [-0.25, -0.2) is 9.69 Å². The molecule has 0 atom stereocenters. The highest BCUT2D eigenvalue weighted by atomic mass is 79.9. The Bertz CT molecular complexity index is 1160. The monoisotopic (exact) mass is 443 g/mol. The van der Waals surface area contributed by atoms with Crippen molar-refractivity contribution < 1.29 is 19.1 Å². The van der Waals surface area contributed by atoms with Crippen LogP contribution in [0.25, 0.3) is 10.8 Å². The number of carbonyl (C=O) groups excluding carboxylic acids is 3. The molecule has 0 aromatic heterocycles. The number of ether oxygens (including phenoxy) is 1. The molecule has 0 bridgehead atoms. The molecule has 3 aromatic rings. The molecule has 0 saturated carbocycles. The molecule has 27 heavy (non-hydrogen) atoms. The summed E-state index contributed by atoms with van der Waals surface area (Å²) < 4.78 is 5.45. The van der Waals surface area contributed by atoms with E-state index in [4.69, 9.17) is 16.3 Å². The zero-order valence-electron chi connectivity index (χ0n) is 14.0. The first-order chi connectivity index (χ1) is 12.9. The molecule has 5 nitrogen and oxygen atoms in total. The molecule has 134 valence electrons. The van der Waals surface area contributed by atoms with Gasteiger partial charge in [-0.1, -0.05) is 39.7 Å². The van der Waals surface area contributed by atoms with Gasteiger partial charge < -0.3 is 4.74 Å². The summed E-state index contributed by atoms with van der Waals surface area (Å²) in [6.07, 6.45) is 0. The Labute approximate surface area is 167 Å². The van der Waals surface area contributed by atoms with Crippen LogP contribution in [0.3, 0.4) is 0 Å². The molecule has 0 saturated heterocycles. The zero-order valence-corrected chi connectivity index (χ0v) is 16.3. The van der Waals surface area contributed by atoms with Gasteiger partial charge in [0.15, 0.2) is 0 Å². The molecule has 3 aromatic carbocycles. The lowest BCUT2D eigenvalue weighted by Gasteiger charge is -2.27. The number of esters is 1. The van der Waals surface area contributed by atoms with Crippen molar-refractivity contribution in [1.29, 1.82) is 0 Å². The molecule has 7 heteroatoms. The van der Waals surface area contributed by atoms with E-state index in [9.17, 15) is 14.4 Å². The van der Waals surface area contributed by atoms with E-state index >= 15 is 0 Å². The third-order valence-electron chi connectivity index (χ3n) is 4.42. The number of nitrogens with zero attached hydrogens (tertiary/aromatic N) is 1. The fraction of sp³-hybridized carbons (Fsp3) is 0.0500. The minimum Gasteiger partial charge on any atom is -0.465 e. The van der Waals surface area contributed by atoms with Gasteiger partial charge in [-0.2, -0.15) is 0 Å². The molecule has 0 aliphatic carbocycles. The van der Waals surface area contributed by atoms with Gasteiger partial charge in [0.05, 0.1) is 28.9 Å². The summed E-state index contributed by atoms with van der Waals surface area (Å²) in [5.41, 5.74) is 1.15. The summed E-state index contributed by atoms with van der Waals surface area (Å²) in [5, 5.41) is 1.59. The lowest BCUT2D eigenvalue weighted by Crippen LogP contribution is -2.40. The topological polar surface area (TPSA) is 63.7 Å². The Hall–Kier alpha value is -2.70. The predicted molar refractivity (Wildman–Crippen MR) is 106 cm³/mol. The first-order valence-corrected chi connectivity index (χ1v) is 9.08. The van der Waals surface area contributed by atoms with Crippen LogP contribution < -0.4 is 4.90 Å². The van der Waals surface area contributed by atoms with E-state index in [2.05, 4.69) is 15.9 Å². The third kappa shape index (κ3) is 2.72. The van der Waals surface area contributed by atoms with Crippen LogP contribution in [0.5, 0.6) is 0 Å². The van der Waals surface area contributed by atoms with E-state index in [0.717, 1.165) is 14.8 Å². The van der Waals surface area contributed by atoms with E-state index in [-0.39, 0.29) is 16.3 Å². The van der Waals surface area contributed by atoms with Crippen molar-refractivity contribution in [2.45, 2.75) is 0 Å². The van der Waals surface area contributed by atoms with Gasteiger partial charge in [-0.15, -0.1) is 0 Å². The SMILES string of the molecule is COC(=O)c1cc(N2C(=O)c3cccc4cc(Br)cc(c34)C2=O)ccc1Cl. The van der Waals surface area contributed by atoms with Crippen molar-refractivity contribution in [3.63, 3.8) is 0 Å². The molecule has 0 N–H and O–H groups in total. The molecule has 1 aliphatic rings.